The normalized spacial score (nSPS) is 10.5. The van der Waals surface area contributed by atoms with Crippen molar-refractivity contribution in [2.75, 3.05) is 0 Å². The molecule has 2 nitrogen and oxygen atoms in total. The molecular weight excluding hydrogens is 210 g/mol. The van der Waals surface area contributed by atoms with E-state index in [1.54, 1.807) is 12.4 Å². The lowest BCUT2D eigenvalue weighted by Crippen LogP contribution is -2.00. The van der Waals surface area contributed by atoms with Gasteiger partial charge in [0.25, 0.3) is 0 Å². The van der Waals surface area contributed by atoms with Gasteiger partial charge in [-0.1, -0.05) is 39.0 Å². The Morgan fingerprint density at radius 1 is 1.12 bits per heavy atom. The number of hydrogen-bond donors (Lipinski definition) is 0. The van der Waals surface area contributed by atoms with Crippen LogP contribution in [0, 0.1) is 6.92 Å². The minimum Gasteiger partial charge on any atom is -0.294 e. The summed E-state index contributed by atoms with van der Waals surface area (Å²) in [6.45, 7) is 4.18. The molecule has 0 saturated carbocycles. The van der Waals surface area contributed by atoms with Gasteiger partial charge in [0, 0.05) is 24.4 Å². The topological polar surface area (TPSA) is 30.0 Å². The summed E-state index contributed by atoms with van der Waals surface area (Å²) in [6, 6.07) is 1.92. The first-order chi connectivity index (χ1) is 8.24. The molecule has 1 aromatic heterocycles. The van der Waals surface area contributed by atoms with Crippen molar-refractivity contribution >= 4 is 5.78 Å². The van der Waals surface area contributed by atoms with Crippen LogP contribution in [0.5, 0.6) is 0 Å². The first-order valence-corrected chi connectivity index (χ1v) is 6.69. The van der Waals surface area contributed by atoms with E-state index in [4.69, 9.17) is 0 Å². The standard InChI is InChI=1S/C15H23NO/c1-3-4-5-6-7-8-9-15(17)14-10-13(2)11-16-12-14/h10-12H,3-9H2,1-2H3. The van der Waals surface area contributed by atoms with Crippen molar-refractivity contribution in [2.24, 2.45) is 0 Å². The van der Waals surface area contributed by atoms with Crippen molar-refractivity contribution in [3.05, 3.63) is 29.6 Å². The average Bonchev–Trinajstić information content (AvgIpc) is 2.33. The summed E-state index contributed by atoms with van der Waals surface area (Å²) in [6.07, 6.45) is 11.4. The van der Waals surface area contributed by atoms with E-state index in [1.807, 2.05) is 13.0 Å². The molecule has 1 heterocycles. The number of aryl methyl sites for hydroxylation is 1. The second-order valence-electron chi connectivity index (χ2n) is 4.69. The molecule has 0 atom stereocenters. The fraction of sp³-hybridized carbons (Fsp3) is 0.600. The molecule has 0 spiro atoms. The van der Waals surface area contributed by atoms with Gasteiger partial charge in [-0.3, -0.25) is 9.78 Å². The van der Waals surface area contributed by atoms with Crippen LogP contribution in [0.25, 0.3) is 0 Å². The lowest BCUT2D eigenvalue weighted by atomic mass is 10.0. The van der Waals surface area contributed by atoms with E-state index in [0.29, 0.717) is 6.42 Å². The van der Waals surface area contributed by atoms with Crippen LogP contribution in [0.15, 0.2) is 18.5 Å². The summed E-state index contributed by atoms with van der Waals surface area (Å²) in [4.78, 5) is 15.9. The second kappa shape index (κ2) is 7.99. The first-order valence-electron chi connectivity index (χ1n) is 6.69. The molecule has 0 saturated heterocycles. The van der Waals surface area contributed by atoms with E-state index in [2.05, 4.69) is 11.9 Å². The second-order valence-corrected chi connectivity index (χ2v) is 4.69. The van der Waals surface area contributed by atoms with Crippen LogP contribution in [-0.4, -0.2) is 10.8 Å². The molecule has 0 amide bonds. The molecule has 0 aliphatic heterocycles. The number of carbonyl (C=O) groups is 1. The van der Waals surface area contributed by atoms with Crippen LogP contribution in [0.3, 0.4) is 0 Å². The smallest absolute Gasteiger partial charge is 0.164 e. The molecular formula is C15H23NO. The Kier molecular flexibility index (Phi) is 6.53. The Labute approximate surface area is 104 Å². The lowest BCUT2D eigenvalue weighted by Gasteiger charge is -2.02. The Balaban J connectivity index is 2.21. The van der Waals surface area contributed by atoms with Gasteiger partial charge in [-0.15, -0.1) is 0 Å². The van der Waals surface area contributed by atoms with Crippen molar-refractivity contribution in [2.45, 2.75) is 58.8 Å². The number of aromatic nitrogens is 1. The highest BCUT2D eigenvalue weighted by molar-refractivity contribution is 5.95. The fourth-order valence-corrected chi connectivity index (χ4v) is 1.92. The van der Waals surface area contributed by atoms with Crippen molar-refractivity contribution in [3.8, 4) is 0 Å². The number of hydrogen-bond acceptors (Lipinski definition) is 2. The zero-order valence-electron chi connectivity index (χ0n) is 11.0. The SMILES string of the molecule is CCCCCCCCC(=O)c1cncc(C)c1. The minimum atomic E-state index is 0.233. The Hall–Kier alpha value is -1.18. The third-order valence-electron chi connectivity index (χ3n) is 2.95. The molecule has 0 unspecified atom stereocenters. The van der Waals surface area contributed by atoms with Crippen LogP contribution in [0.1, 0.15) is 67.8 Å². The molecule has 0 radical (unpaired) electrons. The molecule has 0 aromatic carbocycles. The maximum Gasteiger partial charge on any atom is 0.164 e. The highest BCUT2D eigenvalue weighted by Crippen LogP contribution is 2.11. The molecule has 0 aliphatic carbocycles. The van der Waals surface area contributed by atoms with Crippen LogP contribution < -0.4 is 0 Å². The Morgan fingerprint density at radius 2 is 1.82 bits per heavy atom. The van der Waals surface area contributed by atoms with Gasteiger partial charge in [0.2, 0.25) is 0 Å². The summed E-state index contributed by atoms with van der Waals surface area (Å²) in [7, 11) is 0. The predicted molar refractivity (Wildman–Crippen MR) is 71.3 cm³/mol. The van der Waals surface area contributed by atoms with Crippen LogP contribution in [0.4, 0.5) is 0 Å². The van der Waals surface area contributed by atoms with Crippen molar-refractivity contribution < 1.29 is 4.79 Å². The van der Waals surface area contributed by atoms with E-state index in [9.17, 15) is 4.79 Å². The molecule has 17 heavy (non-hydrogen) atoms. The molecule has 2 heteroatoms. The number of unbranched alkanes of at least 4 members (excludes halogenated alkanes) is 5. The number of nitrogens with zero attached hydrogens (tertiary/aromatic N) is 1. The summed E-state index contributed by atoms with van der Waals surface area (Å²) < 4.78 is 0. The fourth-order valence-electron chi connectivity index (χ4n) is 1.92. The van der Waals surface area contributed by atoms with Gasteiger partial charge in [0.1, 0.15) is 0 Å². The largest absolute Gasteiger partial charge is 0.294 e. The van der Waals surface area contributed by atoms with E-state index < -0.39 is 0 Å². The number of ketones is 1. The quantitative estimate of drug-likeness (QED) is 0.494. The first kappa shape index (κ1) is 13.9. The van der Waals surface area contributed by atoms with Crippen molar-refractivity contribution in [1.29, 1.82) is 0 Å². The molecule has 0 fully saturated rings. The van der Waals surface area contributed by atoms with E-state index in [0.717, 1.165) is 17.5 Å². The molecule has 1 aromatic rings. The van der Waals surface area contributed by atoms with Gasteiger partial charge in [0.15, 0.2) is 5.78 Å². The van der Waals surface area contributed by atoms with Gasteiger partial charge in [0.05, 0.1) is 0 Å². The van der Waals surface area contributed by atoms with Gasteiger partial charge in [-0.25, -0.2) is 0 Å². The van der Waals surface area contributed by atoms with Crippen LogP contribution in [-0.2, 0) is 0 Å². The highest BCUT2D eigenvalue weighted by atomic mass is 16.1. The Morgan fingerprint density at radius 3 is 2.53 bits per heavy atom. The van der Waals surface area contributed by atoms with Crippen LogP contribution >= 0.6 is 0 Å². The molecule has 0 bridgehead atoms. The summed E-state index contributed by atoms with van der Waals surface area (Å²) in [5.74, 6) is 0.233. The maximum absolute atomic E-state index is 11.8. The minimum absolute atomic E-state index is 0.233. The number of carbonyl (C=O) groups excluding carboxylic acids is 1. The van der Waals surface area contributed by atoms with Gasteiger partial charge in [-0.05, 0) is 25.0 Å². The average molecular weight is 233 g/mol. The van der Waals surface area contributed by atoms with Gasteiger partial charge < -0.3 is 0 Å². The summed E-state index contributed by atoms with van der Waals surface area (Å²) in [5.41, 5.74) is 1.82. The maximum atomic E-state index is 11.8. The van der Waals surface area contributed by atoms with E-state index in [1.165, 1.54) is 32.1 Å². The van der Waals surface area contributed by atoms with Gasteiger partial charge in [-0.2, -0.15) is 0 Å². The number of rotatable bonds is 8. The predicted octanol–water partition coefficient (Wildman–Crippen LogP) is 4.32. The Bertz CT molecular complexity index is 347. The monoisotopic (exact) mass is 233 g/mol. The van der Waals surface area contributed by atoms with E-state index >= 15 is 0 Å². The molecule has 0 N–H and O–H groups in total. The van der Waals surface area contributed by atoms with Crippen molar-refractivity contribution in [1.82, 2.24) is 4.98 Å². The third kappa shape index (κ3) is 5.62. The number of Topliss-reactive ketones (excluding diaryl/α,β-unsaturated/α-hetero) is 1. The summed E-state index contributed by atoms with van der Waals surface area (Å²) >= 11 is 0. The third-order valence-corrected chi connectivity index (χ3v) is 2.95. The zero-order chi connectivity index (χ0) is 12.5. The van der Waals surface area contributed by atoms with E-state index in [-0.39, 0.29) is 5.78 Å². The van der Waals surface area contributed by atoms with Gasteiger partial charge >= 0.3 is 0 Å². The lowest BCUT2D eigenvalue weighted by molar-refractivity contribution is 0.0978. The number of pyridine rings is 1. The molecule has 0 aliphatic rings. The zero-order valence-corrected chi connectivity index (χ0v) is 11.0. The molecule has 1 rings (SSSR count). The van der Waals surface area contributed by atoms with Crippen molar-refractivity contribution in [3.63, 3.8) is 0 Å². The summed E-state index contributed by atoms with van der Waals surface area (Å²) in [5, 5.41) is 0. The molecule has 94 valence electrons. The highest BCUT2D eigenvalue weighted by Gasteiger charge is 2.05. The van der Waals surface area contributed by atoms with Crippen LogP contribution in [0.2, 0.25) is 0 Å².